The number of para-hydroxylation sites is 2. The van der Waals surface area contributed by atoms with Gasteiger partial charge >= 0.3 is 5.97 Å². The van der Waals surface area contributed by atoms with E-state index in [4.69, 9.17) is 9.47 Å². The summed E-state index contributed by atoms with van der Waals surface area (Å²) in [7, 11) is 1.50. The number of carbonyl (C=O) groups excluding carboxylic acids is 3. The van der Waals surface area contributed by atoms with Crippen molar-refractivity contribution in [1.29, 1.82) is 0 Å². The molecule has 2 aromatic carbocycles. The summed E-state index contributed by atoms with van der Waals surface area (Å²) in [5.74, 6) is -0.939. The van der Waals surface area contributed by atoms with Crippen LogP contribution < -0.4 is 15.0 Å². The maximum Gasteiger partial charge on any atom is 0.338 e. The first-order valence-electron chi connectivity index (χ1n) is 9.92. The summed E-state index contributed by atoms with van der Waals surface area (Å²) >= 11 is 0. The summed E-state index contributed by atoms with van der Waals surface area (Å²) in [4.78, 5) is 42.2. The van der Waals surface area contributed by atoms with Crippen molar-refractivity contribution < 1.29 is 23.9 Å². The molecule has 0 spiro atoms. The monoisotopic (exact) mass is 421 g/mol. The minimum absolute atomic E-state index is 0.0286. The Morgan fingerprint density at radius 3 is 2.74 bits per heavy atom. The predicted octanol–water partition coefficient (Wildman–Crippen LogP) is 2.48. The lowest BCUT2D eigenvalue weighted by molar-refractivity contribution is -0.128. The van der Waals surface area contributed by atoms with Crippen LogP contribution in [-0.4, -0.2) is 49.1 Å². The van der Waals surface area contributed by atoms with Crippen molar-refractivity contribution in [3.63, 3.8) is 0 Å². The summed E-state index contributed by atoms with van der Waals surface area (Å²) in [6.45, 7) is 3.53. The molecule has 1 aromatic heterocycles. The van der Waals surface area contributed by atoms with Gasteiger partial charge in [-0.05, 0) is 49.7 Å². The van der Waals surface area contributed by atoms with Crippen LogP contribution in [0, 0.1) is 13.8 Å². The van der Waals surface area contributed by atoms with Crippen LogP contribution in [0.4, 0.5) is 5.69 Å². The molecule has 0 fully saturated rings. The van der Waals surface area contributed by atoms with Crippen molar-refractivity contribution in [2.45, 2.75) is 20.0 Å². The molecular formula is C23H23N3O5. The molecule has 31 heavy (non-hydrogen) atoms. The number of aryl methyl sites for hydroxylation is 2. The number of fused-ring (bicyclic) bond motifs is 2. The number of ether oxygens (including phenoxy) is 2. The molecule has 8 nitrogen and oxygen atoms in total. The highest BCUT2D eigenvalue weighted by Gasteiger charge is 2.33. The van der Waals surface area contributed by atoms with Crippen LogP contribution in [0.1, 0.15) is 21.6 Å². The van der Waals surface area contributed by atoms with Crippen LogP contribution >= 0.6 is 0 Å². The Morgan fingerprint density at radius 2 is 1.97 bits per heavy atom. The van der Waals surface area contributed by atoms with Gasteiger partial charge in [0.2, 0.25) is 0 Å². The van der Waals surface area contributed by atoms with Crippen LogP contribution in [0.5, 0.6) is 5.75 Å². The van der Waals surface area contributed by atoms with E-state index >= 15 is 0 Å². The average Bonchev–Trinajstić information content (AvgIpc) is 3.08. The Hall–Kier alpha value is -3.81. The number of anilines is 1. The Morgan fingerprint density at radius 1 is 1.19 bits per heavy atom. The zero-order valence-electron chi connectivity index (χ0n) is 17.5. The minimum Gasteiger partial charge on any atom is -0.477 e. The number of benzene rings is 2. The van der Waals surface area contributed by atoms with Crippen molar-refractivity contribution in [1.82, 2.24) is 10.3 Å². The Labute approximate surface area is 179 Å². The third kappa shape index (κ3) is 3.84. The average molecular weight is 421 g/mol. The number of amides is 2. The normalized spacial score (nSPS) is 15.2. The second-order valence-electron chi connectivity index (χ2n) is 7.40. The van der Waals surface area contributed by atoms with Crippen molar-refractivity contribution >= 4 is 34.4 Å². The molecular weight excluding hydrogens is 398 g/mol. The number of likely N-dealkylation sites (N-methyl/N-ethyl adjacent to an activating group) is 1. The zero-order valence-corrected chi connectivity index (χ0v) is 17.5. The van der Waals surface area contributed by atoms with Gasteiger partial charge in [-0.25, -0.2) is 4.79 Å². The van der Waals surface area contributed by atoms with Gasteiger partial charge < -0.3 is 24.7 Å². The molecule has 0 saturated carbocycles. The Balaban J connectivity index is 1.49. The lowest BCUT2D eigenvalue weighted by Gasteiger charge is -2.33. The lowest BCUT2D eigenvalue weighted by Crippen LogP contribution is -2.51. The van der Waals surface area contributed by atoms with E-state index in [1.807, 2.05) is 19.9 Å². The molecule has 0 bridgehead atoms. The van der Waals surface area contributed by atoms with Gasteiger partial charge in [-0.1, -0.05) is 12.1 Å². The number of rotatable bonds is 4. The fourth-order valence-corrected chi connectivity index (χ4v) is 3.64. The summed E-state index contributed by atoms with van der Waals surface area (Å²) in [5.41, 5.74) is 3.93. The smallest absolute Gasteiger partial charge is 0.338 e. The molecule has 0 aliphatic carbocycles. The maximum absolute atomic E-state index is 12.9. The number of nitrogens with one attached hydrogen (secondary N) is 2. The molecule has 2 heterocycles. The number of hydrogen-bond donors (Lipinski definition) is 2. The van der Waals surface area contributed by atoms with E-state index in [1.165, 1.54) is 11.9 Å². The van der Waals surface area contributed by atoms with E-state index in [9.17, 15) is 14.4 Å². The second kappa shape index (κ2) is 8.14. The number of aromatic amines is 1. The fourth-order valence-electron chi connectivity index (χ4n) is 3.64. The van der Waals surface area contributed by atoms with Crippen LogP contribution in [-0.2, 0) is 14.3 Å². The standard InChI is InChI=1S/C23H23N3O5/c1-13-14(2)25-17-9-8-15(10-16(13)17)23(29)30-12-21(27)26-11-20(22(28)24-3)31-19-7-5-4-6-18(19)26/h4-10,20,25H,11-12H2,1-3H3,(H,24,28). The van der Waals surface area contributed by atoms with Gasteiger partial charge in [0, 0.05) is 23.6 Å². The summed E-state index contributed by atoms with van der Waals surface area (Å²) < 4.78 is 11.0. The topological polar surface area (TPSA) is 101 Å². The predicted molar refractivity (Wildman–Crippen MR) is 115 cm³/mol. The van der Waals surface area contributed by atoms with Gasteiger partial charge in [-0.3, -0.25) is 9.59 Å². The lowest BCUT2D eigenvalue weighted by atomic mass is 10.1. The van der Waals surface area contributed by atoms with E-state index in [1.54, 1.807) is 36.4 Å². The molecule has 1 atom stereocenters. The van der Waals surface area contributed by atoms with Gasteiger partial charge in [-0.2, -0.15) is 0 Å². The van der Waals surface area contributed by atoms with E-state index in [0.717, 1.165) is 22.2 Å². The first-order valence-corrected chi connectivity index (χ1v) is 9.92. The summed E-state index contributed by atoms with van der Waals surface area (Å²) in [6.07, 6.45) is -0.846. The highest BCUT2D eigenvalue weighted by Crippen LogP contribution is 2.33. The number of hydrogen-bond acceptors (Lipinski definition) is 5. The molecule has 0 saturated heterocycles. The molecule has 1 aliphatic heterocycles. The molecule has 8 heteroatoms. The first kappa shape index (κ1) is 20.5. The Kier molecular flexibility index (Phi) is 5.37. The van der Waals surface area contributed by atoms with Crippen LogP contribution in [0.2, 0.25) is 0 Å². The van der Waals surface area contributed by atoms with Crippen molar-refractivity contribution in [2.24, 2.45) is 0 Å². The third-order valence-electron chi connectivity index (χ3n) is 5.48. The number of esters is 1. The molecule has 160 valence electrons. The van der Waals surface area contributed by atoms with Gasteiger partial charge in [0.15, 0.2) is 12.7 Å². The molecule has 1 unspecified atom stereocenters. The fraction of sp³-hybridized carbons (Fsp3) is 0.261. The van der Waals surface area contributed by atoms with Crippen LogP contribution in [0.25, 0.3) is 10.9 Å². The number of H-pyrrole nitrogens is 1. The van der Waals surface area contributed by atoms with Gasteiger partial charge in [0.25, 0.3) is 11.8 Å². The van der Waals surface area contributed by atoms with Crippen LogP contribution in [0.15, 0.2) is 42.5 Å². The van der Waals surface area contributed by atoms with Crippen molar-refractivity contribution in [3.8, 4) is 5.75 Å². The maximum atomic E-state index is 12.9. The van der Waals surface area contributed by atoms with Crippen LogP contribution in [0.3, 0.4) is 0 Å². The number of aromatic nitrogens is 1. The summed E-state index contributed by atoms with van der Waals surface area (Å²) in [5, 5.41) is 3.47. The van der Waals surface area contributed by atoms with E-state index in [2.05, 4.69) is 10.3 Å². The van der Waals surface area contributed by atoms with E-state index in [0.29, 0.717) is 17.0 Å². The molecule has 1 aliphatic rings. The number of nitrogens with zero attached hydrogens (tertiary/aromatic N) is 1. The van der Waals surface area contributed by atoms with Gasteiger partial charge in [0.1, 0.15) is 5.75 Å². The third-order valence-corrected chi connectivity index (χ3v) is 5.48. The largest absolute Gasteiger partial charge is 0.477 e. The van der Waals surface area contributed by atoms with Gasteiger partial charge in [-0.15, -0.1) is 0 Å². The molecule has 4 rings (SSSR count). The zero-order chi connectivity index (χ0) is 22.1. The highest BCUT2D eigenvalue weighted by molar-refractivity contribution is 6.01. The Bertz CT molecular complexity index is 1180. The SMILES string of the molecule is CNC(=O)C1CN(C(=O)COC(=O)c2ccc3[nH]c(C)c(C)c3c2)c2ccccc2O1. The minimum atomic E-state index is -0.846. The molecule has 2 N–H and O–H groups in total. The van der Waals surface area contributed by atoms with Gasteiger partial charge in [0.05, 0.1) is 17.8 Å². The van der Waals surface area contributed by atoms with Crippen molar-refractivity contribution in [3.05, 3.63) is 59.3 Å². The summed E-state index contributed by atoms with van der Waals surface area (Å²) in [6, 6.07) is 12.2. The molecule has 2 amide bonds. The number of carbonyl (C=O) groups is 3. The molecule has 0 radical (unpaired) electrons. The first-order chi connectivity index (χ1) is 14.9. The highest BCUT2D eigenvalue weighted by atomic mass is 16.5. The quantitative estimate of drug-likeness (QED) is 0.631. The van der Waals surface area contributed by atoms with E-state index < -0.39 is 24.6 Å². The van der Waals surface area contributed by atoms with Crippen molar-refractivity contribution in [2.75, 3.05) is 25.1 Å². The van der Waals surface area contributed by atoms with E-state index in [-0.39, 0.29) is 12.5 Å². The second-order valence-corrected chi connectivity index (χ2v) is 7.40. The molecule has 3 aromatic rings.